The molecule has 2 rings (SSSR count). The minimum absolute atomic E-state index is 0.102. The monoisotopic (exact) mass is 393 g/mol. The summed E-state index contributed by atoms with van der Waals surface area (Å²) in [5, 5.41) is 0.791. The van der Waals surface area contributed by atoms with Crippen LogP contribution in [-0.2, 0) is 10.0 Å². The van der Waals surface area contributed by atoms with E-state index in [1.807, 2.05) is 6.92 Å². The molecular weight excluding hydrogens is 385 g/mol. The molecule has 0 saturated carbocycles. The van der Waals surface area contributed by atoms with Gasteiger partial charge in [0.15, 0.2) is 0 Å². The second-order valence-electron chi connectivity index (χ2n) is 4.16. The maximum absolute atomic E-state index is 12.3. The van der Waals surface area contributed by atoms with Crippen LogP contribution in [0.3, 0.4) is 0 Å². The van der Waals surface area contributed by atoms with Gasteiger partial charge in [0.2, 0.25) is 0 Å². The SMILES string of the molecule is Cc1ccc(NS(=O)(=O)c2ccc(Cl)c(Br)c2)c(Cl)c1. The third kappa shape index (κ3) is 3.47. The number of nitrogens with one attached hydrogen (secondary N) is 1. The van der Waals surface area contributed by atoms with Gasteiger partial charge in [0.25, 0.3) is 10.0 Å². The molecule has 0 saturated heterocycles. The molecule has 0 radical (unpaired) electrons. The molecule has 1 N–H and O–H groups in total. The Hall–Kier alpha value is -0.750. The normalized spacial score (nSPS) is 11.4. The van der Waals surface area contributed by atoms with Crippen molar-refractivity contribution in [3.8, 4) is 0 Å². The smallest absolute Gasteiger partial charge is 0.261 e. The van der Waals surface area contributed by atoms with Crippen molar-refractivity contribution in [2.75, 3.05) is 4.72 Å². The molecule has 0 aromatic heterocycles. The van der Waals surface area contributed by atoms with Crippen molar-refractivity contribution in [3.63, 3.8) is 0 Å². The number of aryl methyl sites for hydroxylation is 1. The number of anilines is 1. The average molecular weight is 395 g/mol. The summed E-state index contributed by atoms with van der Waals surface area (Å²) in [7, 11) is -3.71. The van der Waals surface area contributed by atoms with Crippen molar-refractivity contribution < 1.29 is 8.42 Å². The van der Waals surface area contributed by atoms with Crippen LogP contribution in [-0.4, -0.2) is 8.42 Å². The number of hydrogen-bond donors (Lipinski definition) is 1. The first-order valence-electron chi connectivity index (χ1n) is 5.53. The van der Waals surface area contributed by atoms with Gasteiger partial charge in [0.1, 0.15) is 0 Å². The topological polar surface area (TPSA) is 46.2 Å². The van der Waals surface area contributed by atoms with E-state index < -0.39 is 10.0 Å². The van der Waals surface area contributed by atoms with Crippen LogP contribution in [0.4, 0.5) is 5.69 Å². The summed E-state index contributed by atoms with van der Waals surface area (Å²) >= 11 is 15.1. The summed E-state index contributed by atoms with van der Waals surface area (Å²) in [4.78, 5) is 0.102. The number of benzene rings is 2. The van der Waals surface area contributed by atoms with Gasteiger partial charge in [0.05, 0.1) is 20.6 Å². The molecule has 0 fully saturated rings. The van der Waals surface area contributed by atoms with Gasteiger partial charge in [-0.15, -0.1) is 0 Å². The van der Waals surface area contributed by atoms with E-state index in [1.54, 1.807) is 18.2 Å². The molecular formula is C13H10BrCl2NO2S. The molecule has 0 bridgehead atoms. The summed E-state index contributed by atoms with van der Waals surface area (Å²) in [5.74, 6) is 0. The zero-order valence-electron chi connectivity index (χ0n) is 10.3. The molecule has 106 valence electrons. The third-order valence-electron chi connectivity index (χ3n) is 2.57. The van der Waals surface area contributed by atoms with Crippen LogP contribution in [0.1, 0.15) is 5.56 Å². The van der Waals surface area contributed by atoms with E-state index >= 15 is 0 Å². The lowest BCUT2D eigenvalue weighted by Gasteiger charge is -2.10. The molecule has 0 aliphatic carbocycles. The first kappa shape index (κ1) is 15.6. The number of sulfonamides is 1. The third-order valence-corrected chi connectivity index (χ3v) is 5.46. The summed E-state index contributed by atoms with van der Waals surface area (Å²) < 4.78 is 27.5. The van der Waals surface area contributed by atoms with Crippen molar-refractivity contribution in [1.82, 2.24) is 0 Å². The van der Waals surface area contributed by atoms with Crippen LogP contribution in [0.5, 0.6) is 0 Å². The molecule has 0 spiro atoms. The summed E-state index contributed by atoms with van der Waals surface area (Å²) in [5.41, 5.74) is 1.29. The zero-order valence-corrected chi connectivity index (χ0v) is 14.2. The van der Waals surface area contributed by atoms with Gasteiger partial charge in [-0.05, 0) is 58.7 Å². The molecule has 0 atom stereocenters. The highest BCUT2D eigenvalue weighted by Crippen LogP contribution is 2.28. The number of rotatable bonds is 3. The van der Waals surface area contributed by atoms with Gasteiger partial charge < -0.3 is 0 Å². The van der Waals surface area contributed by atoms with E-state index in [-0.39, 0.29) is 4.90 Å². The summed E-state index contributed by atoms with van der Waals surface area (Å²) in [6.45, 7) is 1.88. The van der Waals surface area contributed by atoms with E-state index in [9.17, 15) is 8.42 Å². The van der Waals surface area contributed by atoms with Crippen molar-refractivity contribution in [1.29, 1.82) is 0 Å². The van der Waals surface area contributed by atoms with E-state index in [0.717, 1.165) is 5.56 Å². The Kier molecular flexibility index (Phi) is 4.64. The number of hydrogen-bond acceptors (Lipinski definition) is 2. The van der Waals surface area contributed by atoms with Gasteiger partial charge in [0, 0.05) is 4.47 Å². The number of halogens is 3. The fraction of sp³-hybridized carbons (Fsp3) is 0.0769. The second kappa shape index (κ2) is 5.93. The van der Waals surface area contributed by atoms with Crippen molar-refractivity contribution in [2.24, 2.45) is 0 Å². The summed E-state index contributed by atoms with van der Waals surface area (Å²) in [6.07, 6.45) is 0. The van der Waals surface area contributed by atoms with Gasteiger partial charge in [-0.3, -0.25) is 4.72 Å². The van der Waals surface area contributed by atoms with Gasteiger partial charge in [-0.2, -0.15) is 0 Å². The van der Waals surface area contributed by atoms with Crippen LogP contribution in [0.2, 0.25) is 10.0 Å². The Labute approximate surface area is 136 Å². The highest BCUT2D eigenvalue weighted by atomic mass is 79.9. The first-order valence-corrected chi connectivity index (χ1v) is 8.57. The fourth-order valence-electron chi connectivity index (χ4n) is 1.55. The Balaban J connectivity index is 2.38. The minimum Gasteiger partial charge on any atom is -0.278 e. The molecule has 2 aromatic carbocycles. The Morgan fingerprint density at radius 3 is 2.35 bits per heavy atom. The lowest BCUT2D eigenvalue weighted by Crippen LogP contribution is -2.13. The molecule has 7 heteroatoms. The van der Waals surface area contributed by atoms with Crippen LogP contribution < -0.4 is 4.72 Å². The molecule has 20 heavy (non-hydrogen) atoms. The van der Waals surface area contributed by atoms with Gasteiger partial charge in [-0.25, -0.2) is 8.42 Å². The Bertz CT molecular complexity index is 763. The van der Waals surface area contributed by atoms with Crippen molar-refractivity contribution >= 4 is 54.8 Å². The molecule has 0 aliphatic rings. The maximum Gasteiger partial charge on any atom is 0.261 e. The highest BCUT2D eigenvalue weighted by Gasteiger charge is 2.16. The molecule has 3 nitrogen and oxygen atoms in total. The van der Waals surface area contributed by atoms with E-state index in [4.69, 9.17) is 23.2 Å². The van der Waals surface area contributed by atoms with Crippen LogP contribution >= 0.6 is 39.1 Å². The lowest BCUT2D eigenvalue weighted by molar-refractivity contribution is 0.601. The highest BCUT2D eigenvalue weighted by molar-refractivity contribution is 9.10. The first-order chi connectivity index (χ1) is 9.29. The lowest BCUT2D eigenvalue weighted by atomic mass is 10.2. The Morgan fingerprint density at radius 2 is 1.75 bits per heavy atom. The van der Waals surface area contributed by atoms with E-state index in [2.05, 4.69) is 20.7 Å². The molecule has 0 amide bonds. The molecule has 0 unspecified atom stereocenters. The quantitative estimate of drug-likeness (QED) is 0.807. The second-order valence-corrected chi connectivity index (χ2v) is 7.52. The maximum atomic E-state index is 12.3. The zero-order chi connectivity index (χ0) is 14.9. The molecule has 2 aromatic rings. The molecule has 0 heterocycles. The van der Waals surface area contributed by atoms with Crippen LogP contribution in [0.15, 0.2) is 45.8 Å². The summed E-state index contributed by atoms with van der Waals surface area (Å²) in [6, 6.07) is 9.47. The van der Waals surface area contributed by atoms with Gasteiger partial charge >= 0.3 is 0 Å². The largest absolute Gasteiger partial charge is 0.278 e. The molecule has 0 aliphatic heterocycles. The minimum atomic E-state index is -3.71. The Morgan fingerprint density at radius 1 is 1.05 bits per heavy atom. The van der Waals surface area contributed by atoms with Crippen LogP contribution in [0.25, 0.3) is 0 Å². The van der Waals surface area contributed by atoms with Crippen LogP contribution in [0, 0.1) is 6.92 Å². The van der Waals surface area contributed by atoms with E-state index in [0.29, 0.717) is 20.2 Å². The fourth-order valence-corrected chi connectivity index (χ4v) is 3.64. The average Bonchev–Trinajstić information content (AvgIpc) is 2.36. The predicted octanol–water partition coefficient (Wildman–Crippen LogP) is 4.87. The van der Waals surface area contributed by atoms with Crippen molar-refractivity contribution in [3.05, 3.63) is 56.5 Å². The van der Waals surface area contributed by atoms with Crippen molar-refractivity contribution in [2.45, 2.75) is 11.8 Å². The predicted molar refractivity (Wildman–Crippen MR) is 86.1 cm³/mol. The van der Waals surface area contributed by atoms with Gasteiger partial charge in [-0.1, -0.05) is 29.3 Å². The standard InChI is InChI=1S/C13H10BrCl2NO2S/c1-8-2-5-13(12(16)6-8)17-20(18,19)9-3-4-11(15)10(14)7-9/h2-7,17H,1H3. The van der Waals surface area contributed by atoms with E-state index in [1.165, 1.54) is 18.2 Å².